The van der Waals surface area contributed by atoms with Crippen molar-refractivity contribution in [1.82, 2.24) is 10.3 Å². The number of carbonyl (C=O) groups excluding carboxylic acids is 1. The molecule has 1 aliphatic carbocycles. The van der Waals surface area contributed by atoms with Crippen LogP contribution in [0.25, 0.3) is 10.2 Å². The minimum absolute atomic E-state index is 0.0553. The second-order valence-electron chi connectivity index (χ2n) is 8.50. The Kier molecular flexibility index (Phi) is 5.76. The van der Waals surface area contributed by atoms with Gasteiger partial charge in [0.1, 0.15) is 5.75 Å². The van der Waals surface area contributed by atoms with Crippen molar-refractivity contribution >= 4 is 32.6 Å². The van der Waals surface area contributed by atoms with E-state index in [1.54, 1.807) is 18.4 Å². The molecule has 2 aromatic rings. The van der Waals surface area contributed by atoms with Gasteiger partial charge in [0, 0.05) is 19.1 Å². The van der Waals surface area contributed by atoms with Crippen molar-refractivity contribution in [3.05, 3.63) is 18.2 Å². The Labute approximate surface area is 171 Å². The topological polar surface area (TPSA) is 54.5 Å². The van der Waals surface area contributed by atoms with Gasteiger partial charge in [0.25, 0.3) is 0 Å². The summed E-state index contributed by atoms with van der Waals surface area (Å²) in [6.45, 7) is 6.34. The molecule has 2 fully saturated rings. The van der Waals surface area contributed by atoms with Gasteiger partial charge in [-0.05, 0) is 49.3 Å². The van der Waals surface area contributed by atoms with Gasteiger partial charge in [0.05, 0.1) is 23.2 Å². The fourth-order valence-corrected chi connectivity index (χ4v) is 5.64. The molecule has 0 radical (unpaired) electrons. The maximum atomic E-state index is 13.0. The van der Waals surface area contributed by atoms with E-state index in [1.165, 1.54) is 12.8 Å². The standard InChI is InChI=1S/C22H31N3O2S/c1-14-6-4-8-18(15(14)2)23-21(26)16-7-5-11-25(13-16)22-24-19-10-9-17(27-3)12-20(19)28-22/h9-10,12,14-16,18H,4-8,11,13H2,1-3H3,(H,23,26). The van der Waals surface area contributed by atoms with Crippen LogP contribution in [-0.4, -0.2) is 37.1 Å². The summed E-state index contributed by atoms with van der Waals surface area (Å²) in [5, 5.41) is 4.40. The lowest BCUT2D eigenvalue weighted by Gasteiger charge is -2.37. The molecule has 4 atom stereocenters. The zero-order valence-corrected chi connectivity index (χ0v) is 17.9. The molecular formula is C22H31N3O2S. The van der Waals surface area contributed by atoms with E-state index in [9.17, 15) is 4.79 Å². The zero-order valence-electron chi connectivity index (χ0n) is 17.1. The third-order valence-corrected chi connectivity index (χ3v) is 7.76. The number of carbonyl (C=O) groups is 1. The number of nitrogens with zero attached hydrogens (tertiary/aromatic N) is 2. The van der Waals surface area contributed by atoms with Crippen LogP contribution in [0, 0.1) is 17.8 Å². The Morgan fingerprint density at radius 3 is 2.93 bits per heavy atom. The Bertz CT molecular complexity index is 836. The molecule has 0 bridgehead atoms. The third-order valence-electron chi connectivity index (χ3n) is 6.68. The van der Waals surface area contributed by atoms with Gasteiger partial charge < -0.3 is 15.0 Å². The van der Waals surface area contributed by atoms with Crippen LogP contribution in [0.4, 0.5) is 5.13 Å². The number of methoxy groups -OCH3 is 1. The molecule has 4 unspecified atom stereocenters. The normalized spacial score (nSPS) is 28.3. The lowest BCUT2D eigenvalue weighted by Crippen LogP contribution is -2.49. The van der Waals surface area contributed by atoms with E-state index in [-0.39, 0.29) is 11.8 Å². The van der Waals surface area contributed by atoms with Crippen LogP contribution < -0.4 is 15.0 Å². The lowest BCUT2D eigenvalue weighted by atomic mass is 9.78. The maximum absolute atomic E-state index is 13.0. The molecule has 5 nitrogen and oxygen atoms in total. The minimum Gasteiger partial charge on any atom is -0.497 e. The molecule has 0 spiro atoms. The molecule has 152 valence electrons. The number of anilines is 1. The number of aromatic nitrogens is 1. The highest BCUT2D eigenvalue weighted by Gasteiger charge is 2.32. The number of fused-ring (bicyclic) bond motifs is 1. The van der Waals surface area contributed by atoms with Crippen LogP contribution in [0.3, 0.4) is 0 Å². The smallest absolute Gasteiger partial charge is 0.225 e. The van der Waals surface area contributed by atoms with E-state index >= 15 is 0 Å². The van der Waals surface area contributed by atoms with Crippen LogP contribution >= 0.6 is 11.3 Å². The van der Waals surface area contributed by atoms with Crippen LogP contribution in [0.2, 0.25) is 0 Å². The van der Waals surface area contributed by atoms with Crippen LogP contribution in [0.1, 0.15) is 46.0 Å². The van der Waals surface area contributed by atoms with Crippen molar-refractivity contribution in [2.24, 2.45) is 17.8 Å². The molecular weight excluding hydrogens is 370 g/mol. The molecule has 6 heteroatoms. The van der Waals surface area contributed by atoms with Gasteiger partial charge in [-0.3, -0.25) is 4.79 Å². The average molecular weight is 402 g/mol. The summed E-state index contributed by atoms with van der Waals surface area (Å²) in [6, 6.07) is 6.33. The first-order valence-corrected chi connectivity index (χ1v) is 11.4. The number of amides is 1. The number of piperidine rings is 1. The van der Waals surface area contributed by atoms with Crippen LogP contribution in [0.5, 0.6) is 5.75 Å². The van der Waals surface area contributed by atoms with E-state index in [0.29, 0.717) is 17.9 Å². The monoisotopic (exact) mass is 401 g/mol. The van der Waals surface area contributed by atoms with E-state index in [0.717, 1.165) is 53.4 Å². The van der Waals surface area contributed by atoms with E-state index in [4.69, 9.17) is 9.72 Å². The van der Waals surface area contributed by atoms with Crippen molar-refractivity contribution in [3.8, 4) is 5.75 Å². The van der Waals surface area contributed by atoms with Crippen molar-refractivity contribution < 1.29 is 9.53 Å². The van der Waals surface area contributed by atoms with Crippen LogP contribution in [0.15, 0.2) is 18.2 Å². The second-order valence-corrected chi connectivity index (χ2v) is 9.51. The molecule has 1 aromatic carbocycles. The summed E-state index contributed by atoms with van der Waals surface area (Å²) in [6.07, 6.45) is 5.63. The third kappa shape index (κ3) is 3.97. The van der Waals surface area contributed by atoms with Gasteiger partial charge in [-0.15, -0.1) is 0 Å². The average Bonchev–Trinajstić information content (AvgIpc) is 3.14. The molecule has 4 rings (SSSR count). The summed E-state index contributed by atoms with van der Waals surface area (Å²) in [5.41, 5.74) is 0.998. The van der Waals surface area contributed by atoms with Gasteiger partial charge in [-0.25, -0.2) is 4.98 Å². The van der Waals surface area contributed by atoms with E-state index in [2.05, 4.69) is 24.1 Å². The van der Waals surface area contributed by atoms with Gasteiger partial charge in [-0.2, -0.15) is 0 Å². The number of nitrogens with one attached hydrogen (secondary N) is 1. The highest BCUT2D eigenvalue weighted by atomic mass is 32.1. The fraction of sp³-hybridized carbons (Fsp3) is 0.636. The molecule has 1 saturated heterocycles. The maximum Gasteiger partial charge on any atom is 0.225 e. The number of rotatable bonds is 4. The lowest BCUT2D eigenvalue weighted by molar-refractivity contribution is -0.126. The van der Waals surface area contributed by atoms with Gasteiger partial charge in [0.2, 0.25) is 5.91 Å². The predicted molar refractivity (Wildman–Crippen MR) is 115 cm³/mol. The van der Waals surface area contributed by atoms with E-state index < -0.39 is 0 Å². The van der Waals surface area contributed by atoms with Crippen molar-refractivity contribution in [1.29, 1.82) is 0 Å². The molecule has 1 aliphatic heterocycles. The largest absolute Gasteiger partial charge is 0.497 e. The number of thiazole rings is 1. The summed E-state index contributed by atoms with van der Waals surface area (Å²) in [7, 11) is 1.69. The van der Waals surface area contributed by atoms with Crippen LogP contribution in [-0.2, 0) is 4.79 Å². The summed E-state index contributed by atoms with van der Waals surface area (Å²) < 4.78 is 6.46. The van der Waals surface area contributed by atoms with Crippen molar-refractivity contribution in [2.45, 2.75) is 52.0 Å². The first-order valence-electron chi connectivity index (χ1n) is 10.5. The summed E-state index contributed by atoms with van der Waals surface area (Å²) in [4.78, 5) is 20.1. The minimum atomic E-state index is 0.0553. The Morgan fingerprint density at radius 2 is 2.11 bits per heavy atom. The highest BCUT2D eigenvalue weighted by molar-refractivity contribution is 7.22. The Hall–Kier alpha value is -1.82. The van der Waals surface area contributed by atoms with E-state index in [1.807, 2.05) is 18.2 Å². The molecule has 1 aromatic heterocycles. The van der Waals surface area contributed by atoms with Gasteiger partial charge >= 0.3 is 0 Å². The zero-order chi connectivity index (χ0) is 19.7. The van der Waals surface area contributed by atoms with Crippen molar-refractivity contribution in [3.63, 3.8) is 0 Å². The van der Waals surface area contributed by atoms with Gasteiger partial charge in [-0.1, -0.05) is 38.0 Å². The SMILES string of the molecule is COc1ccc2nc(N3CCCC(C(=O)NC4CCCC(C)C4C)C3)sc2c1. The molecule has 1 saturated carbocycles. The molecule has 1 N–H and O–H groups in total. The number of benzene rings is 1. The fourth-order valence-electron chi connectivity index (χ4n) is 4.61. The molecule has 2 aliphatic rings. The highest BCUT2D eigenvalue weighted by Crippen LogP contribution is 2.34. The second kappa shape index (κ2) is 8.27. The number of ether oxygens (including phenoxy) is 1. The predicted octanol–water partition coefficient (Wildman–Crippen LogP) is 4.46. The molecule has 28 heavy (non-hydrogen) atoms. The summed E-state index contributed by atoms with van der Waals surface area (Å²) >= 11 is 1.69. The quantitative estimate of drug-likeness (QED) is 0.822. The molecule has 1 amide bonds. The number of hydrogen-bond acceptors (Lipinski definition) is 5. The Balaban J connectivity index is 1.43. The summed E-state index contributed by atoms with van der Waals surface area (Å²) in [5.74, 6) is 2.41. The van der Waals surface area contributed by atoms with Crippen molar-refractivity contribution in [2.75, 3.05) is 25.1 Å². The number of hydrogen-bond donors (Lipinski definition) is 1. The van der Waals surface area contributed by atoms with Gasteiger partial charge in [0.15, 0.2) is 5.13 Å². The first kappa shape index (κ1) is 19.5. The Morgan fingerprint density at radius 1 is 1.25 bits per heavy atom. The first-order chi connectivity index (χ1) is 13.5. The molecule has 2 heterocycles.